The van der Waals surface area contributed by atoms with Crippen LogP contribution in [0.5, 0.6) is 0 Å². The van der Waals surface area contributed by atoms with Crippen molar-refractivity contribution in [3.8, 4) is 0 Å². The van der Waals surface area contributed by atoms with E-state index in [1.165, 1.54) is 19.2 Å². The van der Waals surface area contributed by atoms with Crippen LogP contribution in [0.2, 0.25) is 0 Å². The maximum absolute atomic E-state index is 12.9. The average Bonchev–Trinajstić information content (AvgIpc) is 2.50. The fourth-order valence-electron chi connectivity index (χ4n) is 1.91. The summed E-state index contributed by atoms with van der Waals surface area (Å²) in [5, 5.41) is 2.63. The quantitative estimate of drug-likeness (QED) is 0.912. The second-order valence-corrected chi connectivity index (χ2v) is 7.17. The highest BCUT2D eigenvalue weighted by molar-refractivity contribution is 7.89. The van der Waals surface area contributed by atoms with Crippen LogP contribution in [0.4, 0.5) is 10.1 Å². The summed E-state index contributed by atoms with van der Waals surface area (Å²) in [5.74, 6) is -0.981. The lowest BCUT2D eigenvalue weighted by Gasteiger charge is -2.17. The van der Waals surface area contributed by atoms with Crippen molar-refractivity contribution in [2.75, 3.05) is 18.9 Å². The first-order valence-corrected chi connectivity index (χ1v) is 8.31. The molecule has 0 fully saturated rings. The van der Waals surface area contributed by atoms with E-state index < -0.39 is 21.7 Å². The Balaban J connectivity index is 2.05. The SMILES string of the molecule is Cc1ccc(NC(=O)CN(C)S(=O)(=O)c2ccc(F)cc2)cc1. The van der Waals surface area contributed by atoms with Crippen molar-refractivity contribution in [2.24, 2.45) is 0 Å². The summed E-state index contributed by atoms with van der Waals surface area (Å²) in [5.41, 5.74) is 1.65. The lowest BCUT2D eigenvalue weighted by molar-refractivity contribution is -0.116. The van der Waals surface area contributed by atoms with Gasteiger partial charge >= 0.3 is 0 Å². The van der Waals surface area contributed by atoms with Crippen LogP contribution in [0.1, 0.15) is 5.56 Å². The Labute approximate surface area is 134 Å². The molecule has 0 saturated heterocycles. The molecule has 0 spiro atoms. The van der Waals surface area contributed by atoms with Crippen molar-refractivity contribution in [1.29, 1.82) is 0 Å². The van der Waals surface area contributed by atoms with Gasteiger partial charge in [-0.3, -0.25) is 4.79 Å². The third-order valence-corrected chi connectivity index (χ3v) is 5.04. The van der Waals surface area contributed by atoms with E-state index >= 15 is 0 Å². The molecule has 7 heteroatoms. The van der Waals surface area contributed by atoms with Gasteiger partial charge in [0.1, 0.15) is 5.82 Å². The minimum absolute atomic E-state index is 0.0652. The largest absolute Gasteiger partial charge is 0.325 e. The van der Waals surface area contributed by atoms with Gasteiger partial charge < -0.3 is 5.32 Å². The van der Waals surface area contributed by atoms with E-state index in [9.17, 15) is 17.6 Å². The monoisotopic (exact) mass is 336 g/mol. The summed E-state index contributed by atoms with van der Waals surface area (Å²) in [6, 6.07) is 11.6. The number of halogens is 1. The predicted octanol–water partition coefficient (Wildman–Crippen LogP) is 2.39. The van der Waals surface area contributed by atoms with Crippen molar-refractivity contribution < 1.29 is 17.6 Å². The summed E-state index contributed by atoms with van der Waals surface area (Å²) in [4.78, 5) is 11.9. The third kappa shape index (κ3) is 4.37. The Hall–Kier alpha value is -2.25. The van der Waals surface area contributed by atoms with E-state index in [2.05, 4.69) is 5.32 Å². The van der Waals surface area contributed by atoms with Gasteiger partial charge in [0.05, 0.1) is 11.4 Å². The molecule has 0 radical (unpaired) electrons. The van der Waals surface area contributed by atoms with Gasteiger partial charge in [0.15, 0.2) is 0 Å². The molecule has 0 bridgehead atoms. The van der Waals surface area contributed by atoms with Crippen molar-refractivity contribution in [3.05, 3.63) is 59.9 Å². The molecule has 2 aromatic rings. The van der Waals surface area contributed by atoms with Crippen molar-refractivity contribution in [3.63, 3.8) is 0 Å². The summed E-state index contributed by atoms with van der Waals surface area (Å²) in [6.45, 7) is 1.59. The number of nitrogens with zero attached hydrogens (tertiary/aromatic N) is 1. The number of nitrogens with one attached hydrogen (secondary N) is 1. The second kappa shape index (κ2) is 6.89. The Bertz CT molecular complexity index is 787. The van der Waals surface area contributed by atoms with E-state index in [0.717, 1.165) is 22.0 Å². The fraction of sp³-hybridized carbons (Fsp3) is 0.188. The van der Waals surface area contributed by atoms with Gasteiger partial charge in [-0.15, -0.1) is 0 Å². The normalized spacial score (nSPS) is 11.5. The van der Waals surface area contributed by atoms with Gasteiger partial charge in [0.25, 0.3) is 0 Å². The predicted molar refractivity (Wildman–Crippen MR) is 86.0 cm³/mol. The number of hydrogen-bond donors (Lipinski definition) is 1. The molecule has 5 nitrogen and oxygen atoms in total. The highest BCUT2D eigenvalue weighted by atomic mass is 32.2. The van der Waals surface area contributed by atoms with Gasteiger partial charge in [0.2, 0.25) is 15.9 Å². The maximum Gasteiger partial charge on any atom is 0.243 e. The van der Waals surface area contributed by atoms with Gasteiger partial charge in [-0.2, -0.15) is 4.31 Å². The zero-order chi connectivity index (χ0) is 17.0. The number of amides is 1. The molecule has 1 amide bonds. The number of carbonyl (C=O) groups excluding carboxylic acids is 1. The van der Waals surface area contributed by atoms with E-state index in [0.29, 0.717) is 5.69 Å². The van der Waals surface area contributed by atoms with Crippen molar-refractivity contribution in [2.45, 2.75) is 11.8 Å². The third-order valence-electron chi connectivity index (χ3n) is 3.22. The van der Waals surface area contributed by atoms with Gasteiger partial charge in [0, 0.05) is 12.7 Å². The highest BCUT2D eigenvalue weighted by Gasteiger charge is 2.22. The molecule has 0 aliphatic heterocycles. The van der Waals surface area contributed by atoms with E-state index in [1.54, 1.807) is 12.1 Å². The molecular weight excluding hydrogens is 319 g/mol. The van der Waals surface area contributed by atoms with Gasteiger partial charge in [-0.1, -0.05) is 17.7 Å². The molecule has 0 heterocycles. The number of anilines is 1. The fourth-order valence-corrected chi connectivity index (χ4v) is 3.04. The van der Waals surface area contributed by atoms with Gasteiger partial charge in [-0.05, 0) is 43.3 Å². The molecular formula is C16H17FN2O3S. The topological polar surface area (TPSA) is 66.5 Å². The Morgan fingerprint density at radius 3 is 2.22 bits per heavy atom. The summed E-state index contributed by atoms with van der Waals surface area (Å²) in [7, 11) is -2.54. The van der Waals surface area contributed by atoms with Crippen LogP contribution in [0.3, 0.4) is 0 Å². The Morgan fingerprint density at radius 2 is 1.65 bits per heavy atom. The molecule has 122 valence electrons. The van der Waals surface area contributed by atoms with Crippen LogP contribution in [0.15, 0.2) is 53.4 Å². The highest BCUT2D eigenvalue weighted by Crippen LogP contribution is 2.15. The van der Waals surface area contributed by atoms with Crippen LogP contribution in [-0.4, -0.2) is 32.2 Å². The molecule has 0 aliphatic carbocycles. The lowest BCUT2D eigenvalue weighted by Crippen LogP contribution is -2.34. The molecule has 2 aromatic carbocycles. The van der Waals surface area contributed by atoms with Gasteiger partial charge in [-0.25, -0.2) is 12.8 Å². The molecule has 0 atom stereocenters. The summed E-state index contributed by atoms with van der Waals surface area (Å²) in [6.07, 6.45) is 0. The summed E-state index contributed by atoms with van der Waals surface area (Å²) < 4.78 is 38.4. The minimum atomic E-state index is -3.84. The van der Waals surface area contributed by atoms with E-state index in [-0.39, 0.29) is 11.4 Å². The maximum atomic E-state index is 12.9. The number of benzene rings is 2. The number of aryl methyl sites for hydroxylation is 1. The summed E-state index contributed by atoms with van der Waals surface area (Å²) >= 11 is 0. The number of carbonyl (C=O) groups is 1. The Kier molecular flexibility index (Phi) is 5.12. The first-order valence-electron chi connectivity index (χ1n) is 6.87. The number of sulfonamides is 1. The average molecular weight is 336 g/mol. The molecule has 2 rings (SSSR count). The lowest BCUT2D eigenvalue weighted by atomic mass is 10.2. The second-order valence-electron chi connectivity index (χ2n) is 5.13. The zero-order valence-corrected chi connectivity index (χ0v) is 13.6. The molecule has 0 aromatic heterocycles. The number of rotatable bonds is 5. The van der Waals surface area contributed by atoms with E-state index in [1.807, 2.05) is 19.1 Å². The minimum Gasteiger partial charge on any atom is -0.325 e. The van der Waals surface area contributed by atoms with Crippen molar-refractivity contribution >= 4 is 21.6 Å². The Morgan fingerprint density at radius 1 is 1.09 bits per heavy atom. The number of likely N-dealkylation sites (N-methyl/N-ethyl adjacent to an activating group) is 1. The zero-order valence-electron chi connectivity index (χ0n) is 12.8. The van der Waals surface area contributed by atoms with Crippen LogP contribution in [-0.2, 0) is 14.8 Å². The van der Waals surface area contributed by atoms with Crippen LogP contribution in [0, 0.1) is 12.7 Å². The standard InChI is InChI=1S/C16H17FN2O3S/c1-12-3-7-14(8-4-12)18-16(20)11-19(2)23(21,22)15-9-5-13(17)6-10-15/h3-10H,11H2,1-2H3,(H,18,20). The first-order chi connectivity index (χ1) is 10.8. The van der Waals surface area contributed by atoms with E-state index in [4.69, 9.17) is 0 Å². The molecule has 23 heavy (non-hydrogen) atoms. The van der Waals surface area contributed by atoms with Crippen molar-refractivity contribution in [1.82, 2.24) is 4.31 Å². The molecule has 0 unspecified atom stereocenters. The number of hydrogen-bond acceptors (Lipinski definition) is 3. The van der Waals surface area contributed by atoms with Crippen LogP contribution >= 0.6 is 0 Å². The van der Waals surface area contributed by atoms with Crippen LogP contribution < -0.4 is 5.32 Å². The molecule has 0 aliphatic rings. The van der Waals surface area contributed by atoms with Crippen LogP contribution in [0.25, 0.3) is 0 Å². The smallest absolute Gasteiger partial charge is 0.243 e. The molecule has 1 N–H and O–H groups in total. The first kappa shape index (κ1) is 17.1. The molecule has 0 saturated carbocycles.